The highest BCUT2D eigenvalue weighted by Gasteiger charge is 2.30. The average Bonchev–Trinajstić information content (AvgIpc) is 2.96. The van der Waals surface area contributed by atoms with Crippen LogP contribution < -0.4 is 21.2 Å². The Hall–Kier alpha value is -3.95. The second-order valence-corrected chi connectivity index (χ2v) is 12.2. The molecule has 0 saturated heterocycles. The summed E-state index contributed by atoms with van der Waals surface area (Å²) in [7, 11) is -2.57. The zero-order valence-corrected chi connectivity index (χ0v) is 22.8. The summed E-state index contributed by atoms with van der Waals surface area (Å²) in [5.41, 5.74) is 0.982. The topological polar surface area (TPSA) is 67.8 Å². The van der Waals surface area contributed by atoms with E-state index in [4.69, 9.17) is 9.48 Å². The second kappa shape index (κ2) is 12.5. The van der Waals surface area contributed by atoms with Gasteiger partial charge in [-0.25, -0.2) is 4.79 Å². The molecule has 0 aromatic heterocycles. The van der Waals surface area contributed by atoms with E-state index in [0.29, 0.717) is 11.3 Å². The lowest BCUT2D eigenvalue weighted by molar-refractivity contribution is -0.146. The van der Waals surface area contributed by atoms with Crippen molar-refractivity contribution in [1.82, 2.24) is 5.32 Å². The lowest BCUT2D eigenvalue weighted by atomic mass is 10.0. The average molecular weight is 525 g/mol. The minimum atomic E-state index is -2.57. The minimum Gasteiger partial charge on any atom is -0.464 e. The predicted octanol–water partition coefficient (Wildman–Crippen LogP) is 5.81. The maximum Gasteiger partial charge on any atom is 0.328 e. The van der Waals surface area contributed by atoms with Gasteiger partial charge in [0.15, 0.2) is 0 Å². The molecular formula is C32H33N2O3P. The van der Waals surface area contributed by atoms with Crippen molar-refractivity contribution in [2.75, 3.05) is 6.61 Å². The molecule has 0 bridgehead atoms. The fourth-order valence-corrected chi connectivity index (χ4v) is 7.96. The number of hydrogen-bond acceptors (Lipinski definition) is 4. The molecule has 0 aliphatic carbocycles. The van der Waals surface area contributed by atoms with Gasteiger partial charge in [-0.2, -0.15) is 0 Å². The Morgan fingerprint density at radius 1 is 0.737 bits per heavy atom. The van der Waals surface area contributed by atoms with Gasteiger partial charge in [0.2, 0.25) is 0 Å². The third kappa shape index (κ3) is 5.79. The van der Waals surface area contributed by atoms with Gasteiger partial charge < -0.3 is 10.1 Å². The van der Waals surface area contributed by atoms with Gasteiger partial charge in [-0.1, -0.05) is 117 Å². The molecule has 1 amide bonds. The van der Waals surface area contributed by atoms with Gasteiger partial charge in [0.05, 0.1) is 24.9 Å². The molecule has 4 aromatic carbocycles. The van der Waals surface area contributed by atoms with Crippen LogP contribution in [0.15, 0.2) is 120 Å². The van der Waals surface area contributed by atoms with Crippen LogP contribution in [0.2, 0.25) is 0 Å². The molecule has 0 unspecified atom stereocenters. The molecule has 0 fully saturated rings. The van der Waals surface area contributed by atoms with Gasteiger partial charge in [0.25, 0.3) is 5.91 Å². The largest absolute Gasteiger partial charge is 0.464 e. The fraction of sp³-hybridized carbons (Fsp3) is 0.188. The van der Waals surface area contributed by atoms with Gasteiger partial charge in [-0.05, 0) is 25.0 Å². The van der Waals surface area contributed by atoms with E-state index in [-0.39, 0.29) is 18.4 Å². The lowest BCUT2D eigenvalue weighted by Crippen LogP contribution is -2.45. The van der Waals surface area contributed by atoms with Gasteiger partial charge in [-0.3, -0.25) is 9.54 Å². The van der Waals surface area contributed by atoms with Crippen LogP contribution in [0.4, 0.5) is 5.69 Å². The highest BCUT2D eigenvalue weighted by Crippen LogP contribution is 2.49. The van der Waals surface area contributed by atoms with E-state index in [1.807, 2.05) is 86.6 Å². The van der Waals surface area contributed by atoms with E-state index in [1.165, 1.54) is 0 Å². The molecule has 6 heteroatoms. The van der Waals surface area contributed by atoms with Crippen molar-refractivity contribution in [3.05, 3.63) is 121 Å². The number of carbonyl (C=O) groups is 2. The first-order valence-corrected chi connectivity index (χ1v) is 14.6. The third-order valence-electron chi connectivity index (χ3n) is 6.29. The Balaban J connectivity index is 1.95. The van der Waals surface area contributed by atoms with Crippen molar-refractivity contribution in [1.29, 1.82) is 0 Å². The van der Waals surface area contributed by atoms with Crippen LogP contribution >= 0.6 is 7.05 Å². The van der Waals surface area contributed by atoms with Crippen LogP contribution in [0, 0.1) is 5.92 Å². The van der Waals surface area contributed by atoms with E-state index in [0.717, 1.165) is 15.9 Å². The molecule has 0 aliphatic rings. The smallest absolute Gasteiger partial charge is 0.328 e. The van der Waals surface area contributed by atoms with Crippen LogP contribution in [-0.2, 0) is 9.53 Å². The second-order valence-electron chi connectivity index (χ2n) is 9.21. The molecule has 0 radical (unpaired) electrons. The van der Waals surface area contributed by atoms with Crippen LogP contribution in [0.25, 0.3) is 0 Å². The zero-order chi connectivity index (χ0) is 27.0. The molecule has 0 spiro atoms. The number of nitrogens with one attached hydrogen (secondary N) is 1. The van der Waals surface area contributed by atoms with Crippen molar-refractivity contribution < 1.29 is 14.3 Å². The van der Waals surface area contributed by atoms with Crippen molar-refractivity contribution in [2.45, 2.75) is 26.8 Å². The lowest BCUT2D eigenvalue weighted by Gasteiger charge is -2.27. The minimum absolute atomic E-state index is 0.133. The Bertz CT molecular complexity index is 1320. The highest BCUT2D eigenvalue weighted by molar-refractivity contribution is 7.87. The molecule has 0 aliphatic heterocycles. The van der Waals surface area contributed by atoms with E-state index in [9.17, 15) is 9.59 Å². The molecule has 0 saturated carbocycles. The van der Waals surface area contributed by atoms with Crippen LogP contribution in [0.5, 0.6) is 0 Å². The molecule has 4 rings (SSSR count). The van der Waals surface area contributed by atoms with Gasteiger partial charge >= 0.3 is 5.97 Å². The van der Waals surface area contributed by atoms with Crippen molar-refractivity contribution in [3.63, 3.8) is 0 Å². The molecule has 1 atom stereocenters. The summed E-state index contributed by atoms with van der Waals surface area (Å²) in [5.74, 6) is -0.931. The number of benzene rings is 4. The monoisotopic (exact) mass is 524 g/mol. The standard InChI is InChI=1S/C32H33N2O3P/c1-4-37-32(36)30(24(2)3)33-31(35)28-22-14-15-23-29(28)34-38(25-16-8-5-9-17-25,26-18-10-6-11-19-26)27-20-12-7-13-21-27/h5-24,30H,4H2,1-3H3,(H,33,35)/t30-/m0/s1. The highest BCUT2D eigenvalue weighted by atomic mass is 31.2. The first-order chi connectivity index (χ1) is 18.5. The van der Waals surface area contributed by atoms with E-state index >= 15 is 0 Å². The van der Waals surface area contributed by atoms with Crippen LogP contribution in [0.1, 0.15) is 31.1 Å². The summed E-state index contributed by atoms with van der Waals surface area (Å²) in [4.78, 5) is 26.2. The van der Waals surface area contributed by atoms with E-state index in [2.05, 4.69) is 41.7 Å². The summed E-state index contributed by atoms with van der Waals surface area (Å²) >= 11 is 0. The summed E-state index contributed by atoms with van der Waals surface area (Å²) in [5, 5.41) is 6.15. The molecular weight excluding hydrogens is 491 g/mol. The summed E-state index contributed by atoms with van der Waals surface area (Å²) in [6.07, 6.45) is 0. The first-order valence-electron chi connectivity index (χ1n) is 12.8. The fourth-order valence-electron chi connectivity index (χ4n) is 4.41. The molecule has 38 heavy (non-hydrogen) atoms. The maximum atomic E-state index is 13.6. The van der Waals surface area contributed by atoms with E-state index in [1.54, 1.807) is 13.0 Å². The SMILES string of the molecule is CCOC(=O)[C@@H](NC(=O)c1ccccc1N=P(c1ccccc1)(c1ccccc1)c1ccccc1)C(C)C. The molecule has 0 heterocycles. The van der Waals surface area contributed by atoms with Crippen LogP contribution in [0.3, 0.4) is 0 Å². The Labute approximate surface area is 224 Å². The molecule has 1 N–H and O–H groups in total. The number of ether oxygens (including phenoxy) is 1. The number of nitrogens with zero attached hydrogens (tertiary/aromatic N) is 1. The van der Waals surface area contributed by atoms with Crippen molar-refractivity contribution >= 4 is 40.5 Å². The maximum absolute atomic E-state index is 13.6. The van der Waals surface area contributed by atoms with Crippen molar-refractivity contribution in [3.8, 4) is 0 Å². The summed E-state index contributed by atoms with van der Waals surface area (Å²) < 4.78 is 10.7. The predicted molar refractivity (Wildman–Crippen MR) is 156 cm³/mol. The van der Waals surface area contributed by atoms with Crippen molar-refractivity contribution in [2.24, 2.45) is 10.7 Å². The van der Waals surface area contributed by atoms with Gasteiger partial charge in [0.1, 0.15) is 6.04 Å². The zero-order valence-electron chi connectivity index (χ0n) is 22.0. The molecule has 194 valence electrons. The Morgan fingerprint density at radius 3 is 1.63 bits per heavy atom. The van der Waals surface area contributed by atoms with Gasteiger partial charge in [-0.15, -0.1) is 0 Å². The number of esters is 1. The first kappa shape index (κ1) is 27.1. The number of hydrogen-bond donors (Lipinski definition) is 1. The number of carbonyl (C=O) groups excluding carboxylic acids is 2. The quantitative estimate of drug-likeness (QED) is 0.222. The Kier molecular flexibility index (Phi) is 8.93. The number of rotatable bonds is 9. The Morgan fingerprint density at radius 2 is 1.18 bits per heavy atom. The normalized spacial score (nSPS) is 12.0. The van der Waals surface area contributed by atoms with Gasteiger partial charge in [0, 0.05) is 15.9 Å². The summed E-state index contributed by atoms with van der Waals surface area (Å²) in [6, 6.07) is 37.3. The molecule has 5 nitrogen and oxygen atoms in total. The summed E-state index contributed by atoms with van der Waals surface area (Å²) in [6.45, 7) is 5.78. The number of amides is 1. The van der Waals surface area contributed by atoms with Crippen LogP contribution in [-0.4, -0.2) is 24.5 Å². The molecule has 4 aromatic rings. The third-order valence-corrected chi connectivity index (χ3v) is 9.94. The van der Waals surface area contributed by atoms with E-state index < -0.39 is 19.1 Å².